The van der Waals surface area contributed by atoms with Gasteiger partial charge in [-0.05, 0) is 67.7 Å². The fraction of sp³-hybridized carbons (Fsp3) is 0.583. The molecule has 1 aliphatic carbocycles. The van der Waals surface area contributed by atoms with E-state index in [0.717, 1.165) is 37.9 Å². The summed E-state index contributed by atoms with van der Waals surface area (Å²) in [6, 6.07) is 8.12. The molecule has 0 aromatic heterocycles. The summed E-state index contributed by atoms with van der Waals surface area (Å²) in [7, 11) is 1.81. The SMILES string of the molecule is CN(CCCO)C(=O)C1CC=C(c2ccc(OCC3CCN(C(=O)O)CC3)cc2)CC1. The number of benzene rings is 1. The van der Waals surface area contributed by atoms with Crippen molar-refractivity contribution in [2.75, 3.05) is 39.9 Å². The first-order valence-corrected chi connectivity index (χ1v) is 11.2. The largest absolute Gasteiger partial charge is 0.493 e. The number of carboxylic acid groups (broad SMARTS) is 1. The minimum absolute atomic E-state index is 0.0302. The summed E-state index contributed by atoms with van der Waals surface area (Å²) in [4.78, 5) is 26.7. The number of likely N-dealkylation sites (tertiary alicyclic amines) is 1. The maximum Gasteiger partial charge on any atom is 0.407 e. The maximum absolute atomic E-state index is 12.5. The summed E-state index contributed by atoms with van der Waals surface area (Å²) in [5, 5.41) is 18.0. The van der Waals surface area contributed by atoms with Gasteiger partial charge in [0.15, 0.2) is 0 Å². The second-order valence-corrected chi connectivity index (χ2v) is 8.59. The first kappa shape index (κ1) is 23.1. The van der Waals surface area contributed by atoms with Crippen LogP contribution >= 0.6 is 0 Å². The number of hydrogen-bond acceptors (Lipinski definition) is 4. The van der Waals surface area contributed by atoms with E-state index < -0.39 is 6.09 Å². The molecule has 3 rings (SSSR count). The summed E-state index contributed by atoms with van der Waals surface area (Å²) in [6.07, 6.45) is 6.12. The Morgan fingerprint density at radius 1 is 1.16 bits per heavy atom. The highest BCUT2D eigenvalue weighted by Gasteiger charge is 2.25. The van der Waals surface area contributed by atoms with E-state index in [0.29, 0.717) is 38.6 Å². The van der Waals surface area contributed by atoms with E-state index in [1.807, 2.05) is 19.2 Å². The molecule has 2 amide bonds. The molecular formula is C24H34N2O5. The van der Waals surface area contributed by atoms with Crippen LogP contribution in [0.1, 0.15) is 44.1 Å². The van der Waals surface area contributed by atoms with Gasteiger partial charge in [0.1, 0.15) is 5.75 Å². The van der Waals surface area contributed by atoms with Crippen molar-refractivity contribution in [2.24, 2.45) is 11.8 Å². The minimum atomic E-state index is -0.837. The number of piperidine rings is 1. The molecule has 1 saturated heterocycles. The standard InChI is InChI=1S/C24H34N2O5/c1-25(13-2-16-27)23(28)21-5-3-19(4-6-21)20-7-9-22(10-8-20)31-17-18-11-14-26(15-12-18)24(29)30/h3,7-10,18,21,27H,2,4-6,11-17H2,1H3,(H,29,30). The summed E-state index contributed by atoms with van der Waals surface area (Å²) >= 11 is 0. The number of hydrogen-bond donors (Lipinski definition) is 2. The molecule has 0 bridgehead atoms. The lowest BCUT2D eigenvalue weighted by Gasteiger charge is -2.29. The van der Waals surface area contributed by atoms with Crippen molar-refractivity contribution in [1.82, 2.24) is 9.80 Å². The highest BCUT2D eigenvalue weighted by Crippen LogP contribution is 2.32. The van der Waals surface area contributed by atoms with Crippen LogP contribution in [0.25, 0.3) is 5.57 Å². The monoisotopic (exact) mass is 430 g/mol. The molecular weight excluding hydrogens is 396 g/mol. The molecule has 1 heterocycles. The van der Waals surface area contributed by atoms with E-state index in [1.54, 1.807) is 4.90 Å². The fourth-order valence-electron chi connectivity index (χ4n) is 4.32. The number of nitrogens with zero attached hydrogens (tertiary/aromatic N) is 2. The second kappa shape index (κ2) is 11.2. The Morgan fingerprint density at radius 2 is 1.87 bits per heavy atom. The quantitative estimate of drug-likeness (QED) is 0.659. The molecule has 0 spiro atoms. The lowest BCUT2D eigenvalue weighted by atomic mass is 9.86. The highest BCUT2D eigenvalue weighted by molar-refractivity contribution is 5.80. The normalized spacial score (nSPS) is 19.6. The zero-order chi connectivity index (χ0) is 22.2. The van der Waals surface area contributed by atoms with Gasteiger partial charge in [-0.1, -0.05) is 18.2 Å². The number of aliphatic hydroxyl groups is 1. The van der Waals surface area contributed by atoms with Gasteiger partial charge < -0.3 is 24.7 Å². The zero-order valence-corrected chi connectivity index (χ0v) is 18.3. The Hall–Kier alpha value is -2.54. The van der Waals surface area contributed by atoms with Gasteiger partial charge >= 0.3 is 6.09 Å². The van der Waals surface area contributed by atoms with Gasteiger partial charge in [-0.3, -0.25) is 4.79 Å². The molecule has 0 radical (unpaired) electrons. The lowest BCUT2D eigenvalue weighted by Crippen LogP contribution is -2.38. The molecule has 7 heteroatoms. The van der Waals surface area contributed by atoms with Crippen molar-refractivity contribution in [3.05, 3.63) is 35.9 Å². The van der Waals surface area contributed by atoms with Crippen LogP contribution in [-0.4, -0.2) is 71.9 Å². The molecule has 1 aromatic carbocycles. The molecule has 1 fully saturated rings. The smallest absolute Gasteiger partial charge is 0.407 e. The predicted molar refractivity (Wildman–Crippen MR) is 119 cm³/mol. The van der Waals surface area contributed by atoms with E-state index >= 15 is 0 Å². The van der Waals surface area contributed by atoms with Crippen molar-refractivity contribution in [2.45, 2.75) is 38.5 Å². The zero-order valence-electron chi connectivity index (χ0n) is 18.3. The topological polar surface area (TPSA) is 90.3 Å². The van der Waals surface area contributed by atoms with Gasteiger partial charge in [0.25, 0.3) is 0 Å². The number of allylic oxidation sites excluding steroid dienone is 2. The van der Waals surface area contributed by atoms with Crippen LogP contribution in [-0.2, 0) is 4.79 Å². The summed E-state index contributed by atoms with van der Waals surface area (Å²) in [6.45, 7) is 2.48. The summed E-state index contributed by atoms with van der Waals surface area (Å²) in [5.74, 6) is 1.42. The number of aliphatic hydroxyl groups excluding tert-OH is 1. The van der Waals surface area contributed by atoms with Gasteiger partial charge in [0.2, 0.25) is 5.91 Å². The lowest BCUT2D eigenvalue weighted by molar-refractivity contribution is -0.134. The van der Waals surface area contributed by atoms with Crippen LogP contribution in [0.4, 0.5) is 4.79 Å². The number of ether oxygens (including phenoxy) is 1. The van der Waals surface area contributed by atoms with Crippen molar-refractivity contribution in [3.8, 4) is 5.75 Å². The number of rotatable bonds is 8. The van der Waals surface area contributed by atoms with Crippen molar-refractivity contribution < 1.29 is 24.5 Å². The van der Waals surface area contributed by atoms with Crippen molar-refractivity contribution in [3.63, 3.8) is 0 Å². The first-order chi connectivity index (χ1) is 15.0. The van der Waals surface area contributed by atoms with Crippen LogP contribution < -0.4 is 4.74 Å². The Kier molecular flexibility index (Phi) is 8.35. The first-order valence-electron chi connectivity index (χ1n) is 11.2. The van der Waals surface area contributed by atoms with E-state index in [-0.39, 0.29) is 18.4 Å². The Bertz CT molecular complexity index is 769. The van der Waals surface area contributed by atoms with Gasteiger partial charge in [0, 0.05) is 39.2 Å². The maximum atomic E-state index is 12.5. The molecule has 2 aliphatic rings. The molecule has 1 aliphatic heterocycles. The second-order valence-electron chi connectivity index (χ2n) is 8.59. The van der Waals surface area contributed by atoms with Crippen LogP contribution in [0.2, 0.25) is 0 Å². The van der Waals surface area contributed by atoms with Gasteiger partial charge in [-0.2, -0.15) is 0 Å². The molecule has 170 valence electrons. The van der Waals surface area contributed by atoms with E-state index in [9.17, 15) is 9.59 Å². The summed E-state index contributed by atoms with van der Waals surface area (Å²) in [5.41, 5.74) is 2.44. The van der Waals surface area contributed by atoms with E-state index in [1.165, 1.54) is 16.0 Å². The molecule has 2 N–H and O–H groups in total. The van der Waals surface area contributed by atoms with Gasteiger partial charge in [0.05, 0.1) is 6.61 Å². The van der Waals surface area contributed by atoms with Crippen LogP contribution in [0.3, 0.4) is 0 Å². The molecule has 1 atom stereocenters. The number of carbonyl (C=O) groups is 2. The van der Waals surface area contributed by atoms with E-state index in [4.69, 9.17) is 14.9 Å². The number of carbonyl (C=O) groups excluding carboxylic acids is 1. The van der Waals surface area contributed by atoms with Crippen LogP contribution in [0.5, 0.6) is 5.75 Å². The average Bonchev–Trinajstić information content (AvgIpc) is 2.81. The van der Waals surface area contributed by atoms with E-state index in [2.05, 4.69) is 18.2 Å². The molecule has 0 saturated carbocycles. The third kappa shape index (κ3) is 6.47. The highest BCUT2D eigenvalue weighted by atomic mass is 16.5. The number of amides is 2. The van der Waals surface area contributed by atoms with Gasteiger partial charge in [-0.15, -0.1) is 0 Å². The average molecular weight is 431 g/mol. The molecule has 31 heavy (non-hydrogen) atoms. The van der Waals surface area contributed by atoms with Crippen molar-refractivity contribution >= 4 is 17.6 Å². The van der Waals surface area contributed by atoms with Crippen LogP contribution in [0, 0.1) is 11.8 Å². The van der Waals surface area contributed by atoms with Gasteiger partial charge in [-0.25, -0.2) is 4.79 Å². The Morgan fingerprint density at radius 3 is 2.45 bits per heavy atom. The predicted octanol–water partition coefficient (Wildman–Crippen LogP) is 3.48. The summed E-state index contributed by atoms with van der Waals surface area (Å²) < 4.78 is 5.94. The third-order valence-corrected chi connectivity index (χ3v) is 6.38. The molecule has 7 nitrogen and oxygen atoms in total. The van der Waals surface area contributed by atoms with Crippen molar-refractivity contribution in [1.29, 1.82) is 0 Å². The molecule has 1 aromatic rings. The molecule has 1 unspecified atom stereocenters. The minimum Gasteiger partial charge on any atom is -0.493 e. The Balaban J connectivity index is 1.45. The third-order valence-electron chi connectivity index (χ3n) is 6.38. The van der Waals surface area contributed by atoms with Crippen LogP contribution in [0.15, 0.2) is 30.3 Å². The fourth-order valence-corrected chi connectivity index (χ4v) is 4.32. The Labute approximate surface area is 184 Å².